The van der Waals surface area contributed by atoms with Crippen molar-refractivity contribution in [2.45, 2.75) is 18.9 Å². The maximum absolute atomic E-state index is 11.5. The Bertz CT molecular complexity index is 360. The molecule has 0 spiro atoms. The summed E-state index contributed by atoms with van der Waals surface area (Å²) in [6, 6.07) is 0. The molecule has 0 atom stereocenters. The monoisotopic (exact) mass is 227 g/mol. The zero-order valence-electron chi connectivity index (χ0n) is 8.14. The number of aliphatic hydroxyl groups is 1. The van der Waals surface area contributed by atoms with Crippen molar-refractivity contribution in [3.05, 3.63) is 11.1 Å². The second kappa shape index (κ2) is 4.16. The smallest absolute Gasteiger partial charge is 0.270 e. The van der Waals surface area contributed by atoms with E-state index in [0.717, 1.165) is 12.8 Å². The van der Waals surface area contributed by atoms with Crippen molar-refractivity contribution >= 4 is 22.4 Å². The summed E-state index contributed by atoms with van der Waals surface area (Å²) < 4.78 is 0. The molecule has 0 saturated heterocycles. The summed E-state index contributed by atoms with van der Waals surface area (Å²) in [7, 11) is 0. The number of nitrogen functional groups attached to an aromatic ring is 1. The lowest BCUT2D eigenvalue weighted by Gasteiger charge is -2.31. The molecule has 1 amide bonds. The largest absolute Gasteiger partial charge is 0.393 e. The van der Waals surface area contributed by atoms with E-state index in [2.05, 4.69) is 10.3 Å². The predicted molar refractivity (Wildman–Crippen MR) is 57.6 cm³/mol. The van der Waals surface area contributed by atoms with Gasteiger partial charge in [0.2, 0.25) is 0 Å². The number of amides is 1. The molecule has 82 valence electrons. The van der Waals surface area contributed by atoms with Crippen LogP contribution in [0, 0.1) is 5.92 Å². The molecule has 1 saturated carbocycles. The van der Waals surface area contributed by atoms with Gasteiger partial charge in [0.25, 0.3) is 5.91 Å². The highest BCUT2D eigenvalue weighted by Crippen LogP contribution is 2.26. The lowest BCUT2D eigenvalue weighted by atomic mass is 9.82. The van der Waals surface area contributed by atoms with E-state index in [1.54, 1.807) is 5.38 Å². The van der Waals surface area contributed by atoms with Crippen LogP contribution < -0.4 is 11.1 Å². The summed E-state index contributed by atoms with van der Waals surface area (Å²) >= 11 is 1.25. The Morgan fingerprint density at radius 1 is 1.73 bits per heavy atom. The number of rotatable bonds is 3. The van der Waals surface area contributed by atoms with Crippen LogP contribution in [0.15, 0.2) is 5.38 Å². The van der Waals surface area contributed by atoms with Crippen LogP contribution in [-0.2, 0) is 0 Å². The van der Waals surface area contributed by atoms with E-state index >= 15 is 0 Å². The van der Waals surface area contributed by atoms with E-state index in [1.807, 2.05) is 0 Å². The number of anilines is 1. The third kappa shape index (κ3) is 2.45. The topological polar surface area (TPSA) is 88.2 Å². The second-order valence-electron chi connectivity index (χ2n) is 3.77. The van der Waals surface area contributed by atoms with Crippen molar-refractivity contribution in [3.63, 3.8) is 0 Å². The van der Waals surface area contributed by atoms with Gasteiger partial charge in [0, 0.05) is 11.9 Å². The van der Waals surface area contributed by atoms with Crippen molar-refractivity contribution in [2.24, 2.45) is 5.92 Å². The van der Waals surface area contributed by atoms with Crippen LogP contribution >= 0.6 is 11.3 Å². The molecule has 0 unspecified atom stereocenters. The fourth-order valence-corrected chi connectivity index (χ4v) is 2.13. The fourth-order valence-electron chi connectivity index (χ4n) is 1.59. The van der Waals surface area contributed by atoms with Gasteiger partial charge in [0.05, 0.1) is 6.10 Å². The fraction of sp³-hybridized carbons (Fsp3) is 0.556. The van der Waals surface area contributed by atoms with Gasteiger partial charge < -0.3 is 16.2 Å². The molecular formula is C9H13N3O2S. The number of aliphatic hydroxyl groups excluding tert-OH is 1. The summed E-state index contributed by atoms with van der Waals surface area (Å²) in [5.41, 5.74) is 5.79. The van der Waals surface area contributed by atoms with E-state index in [0.29, 0.717) is 23.3 Å². The lowest BCUT2D eigenvalue weighted by Crippen LogP contribution is -2.38. The third-order valence-electron chi connectivity index (χ3n) is 2.52. The molecule has 15 heavy (non-hydrogen) atoms. The summed E-state index contributed by atoms with van der Waals surface area (Å²) in [6.45, 7) is 0.604. The highest BCUT2D eigenvalue weighted by Gasteiger charge is 2.27. The summed E-state index contributed by atoms with van der Waals surface area (Å²) in [5, 5.41) is 13.9. The minimum Gasteiger partial charge on any atom is -0.393 e. The van der Waals surface area contributed by atoms with Gasteiger partial charge in [-0.05, 0) is 18.8 Å². The maximum atomic E-state index is 11.5. The molecule has 1 aliphatic rings. The van der Waals surface area contributed by atoms with Crippen LogP contribution in [0.5, 0.6) is 0 Å². The number of hydrogen-bond donors (Lipinski definition) is 3. The van der Waals surface area contributed by atoms with Gasteiger partial charge in [-0.15, -0.1) is 11.3 Å². The van der Waals surface area contributed by atoms with E-state index < -0.39 is 0 Å². The molecule has 0 aromatic carbocycles. The van der Waals surface area contributed by atoms with Gasteiger partial charge in [-0.2, -0.15) is 0 Å². The number of nitrogens with zero attached hydrogens (tertiary/aromatic N) is 1. The van der Waals surface area contributed by atoms with Crippen LogP contribution in [0.1, 0.15) is 23.3 Å². The predicted octanol–water partition coefficient (Wildman–Crippen LogP) is 0.226. The van der Waals surface area contributed by atoms with Gasteiger partial charge in [0.15, 0.2) is 5.13 Å². The second-order valence-corrected chi connectivity index (χ2v) is 4.66. The summed E-state index contributed by atoms with van der Waals surface area (Å²) in [6.07, 6.45) is 1.38. The minimum absolute atomic E-state index is 0.179. The highest BCUT2D eigenvalue weighted by atomic mass is 32.1. The molecule has 2 rings (SSSR count). The lowest BCUT2D eigenvalue weighted by molar-refractivity contribution is 0.0420. The third-order valence-corrected chi connectivity index (χ3v) is 3.19. The zero-order valence-corrected chi connectivity index (χ0v) is 8.96. The van der Waals surface area contributed by atoms with Crippen LogP contribution in [0.3, 0.4) is 0 Å². The first kappa shape index (κ1) is 10.4. The Hall–Kier alpha value is -1.14. The molecule has 0 aliphatic heterocycles. The van der Waals surface area contributed by atoms with Crippen LogP contribution in [0.2, 0.25) is 0 Å². The number of carbonyl (C=O) groups excluding carboxylic acids is 1. The van der Waals surface area contributed by atoms with Crippen molar-refractivity contribution in [2.75, 3.05) is 12.3 Å². The minimum atomic E-state index is -0.190. The van der Waals surface area contributed by atoms with E-state index in [1.165, 1.54) is 11.3 Å². The van der Waals surface area contributed by atoms with Crippen molar-refractivity contribution < 1.29 is 9.90 Å². The number of hydrogen-bond acceptors (Lipinski definition) is 5. The SMILES string of the molecule is Nc1nc(C(=O)NCC2CC(O)C2)cs1. The van der Waals surface area contributed by atoms with Gasteiger partial charge in [-0.1, -0.05) is 0 Å². The Labute approximate surface area is 91.3 Å². The van der Waals surface area contributed by atoms with Crippen molar-refractivity contribution in [3.8, 4) is 0 Å². The first-order chi connectivity index (χ1) is 7.15. The highest BCUT2D eigenvalue weighted by molar-refractivity contribution is 7.13. The number of nitrogens with two attached hydrogens (primary N) is 1. The molecule has 1 aliphatic carbocycles. The van der Waals surface area contributed by atoms with Crippen LogP contribution in [0.25, 0.3) is 0 Å². The average Bonchev–Trinajstić information content (AvgIpc) is 2.57. The Morgan fingerprint density at radius 3 is 3.00 bits per heavy atom. The summed E-state index contributed by atoms with van der Waals surface area (Å²) in [5.74, 6) is 0.212. The number of carbonyl (C=O) groups is 1. The van der Waals surface area contributed by atoms with Crippen molar-refractivity contribution in [1.29, 1.82) is 0 Å². The molecule has 4 N–H and O–H groups in total. The molecule has 1 aromatic heterocycles. The van der Waals surface area contributed by atoms with Crippen LogP contribution in [0.4, 0.5) is 5.13 Å². The zero-order chi connectivity index (χ0) is 10.8. The Balaban J connectivity index is 1.78. The van der Waals surface area contributed by atoms with Gasteiger partial charge in [-0.3, -0.25) is 4.79 Å². The quantitative estimate of drug-likeness (QED) is 0.689. The number of aromatic nitrogens is 1. The van der Waals surface area contributed by atoms with E-state index in [4.69, 9.17) is 10.8 Å². The molecule has 6 heteroatoms. The summed E-state index contributed by atoms with van der Waals surface area (Å²) in [4.78, 5) is 15.4. The first-order valence-electron chi connectivity index (χ1n) is 4.82. The first-order valence-corrected chi connectivity index (χ1v) is 5.70. The molecule has 0 radical (unpaired) electrons. The number of nitrogens with one attached hydrogen (secondary N) is 1. The van der Waals surface area contributed by atoms with Crippen LogP contribution in [-0.4, -0.2) is 28.6 Å². The molecular weight excluding hydrogens is 214 g/mol. The molecule has 0 bridgehead atoms. The van der Waals surface area contributed by atoms with Gasteiger partial charge in [-0.25, -0.2) is 4.98 Å². The van der Waals surface area contributed by atoms with E-state index in [9.17, 15) is 4.79 Å². The molecule has 1 fully saturated rings. The van der Waals surface area contributed by atoms with Crippen molar-refractivity contribution in [1.82, 2.24) is 10.3 Å². The van der Waals surface area contributed by atoms with Gasteiger partial charge in [0.1, 0.15) is 5.69 Å². The normalized spacial score (nSPS) is 24.6. The average molecular weight is 227 g/mol. The Morgan fingerprint density at radius 2 is 2.47 bits per heavy atom. The van der Waals surface area contributed by atoms with Gasteiger partial charge >= 0.3 is 0 Å². The number of thiazole rings is 1. The molecule has 1 aromatic rings. The standard InChI is InChI=1S/C9H13N3O2S/c10-9-12-7(4-15-9)8(14)11-3-5-1-6(13)2-5/h4-6,13H,1-3H2,(H2,10,12)(H,11,14). The molecule has 1 heterocycles. The Kier molecular flexibility index (Phi) is 2.88. The molecule has 5 nitrogen and oxygen atoms in total. The maximum Gasteiger partial charge on any atom is 0.270 e. The van der Waals surface area contributed by atoms with E-state index in [-0.39, 0.29) is 12.0 Å².